The Labute approximate surface area is 162 Å². The van der Waals surface area contributed by atoms with Crippen molar-refractivity contribution in [3.8, 4) is 0 Å². The van der Waals surface area contributed by atoms with Crippen molar-refractivity contribution in [1.82, 2.24) is 0 Å². The van der Waals surface area contributed by atoms with Crippen molar-refractivity contribution in [2.75, 3.05) is 10.3 Å². The maximum Gasteiger partial charge on any atom is 0.271 e. The number of hydrogen-bond donors (Lipinski definition) is 1. The van der Waals surface area contributed by atoms with Gasteiger partial charge < -0.3 is 5.32 Å². The van der Waals surface area contributed by atoms with Crippen LogP contribution in [0.15, 0.2) is 56.5 Å². The zero-order chi connectivity index (χ0) is 18.0. The molecule has 25 heavy (non-hydrogen) atoms. The fraction of sp³-hybridized carbons (Fsp3) is 0.167. The van der Waals surface area contributed by atoms with Gasteiger partial charge in [-0.2, -0.15) is 5.10 Å². The molecule has 2 aromatic rings. The summed E-state index contributed by atoms with van der Waals surface area (Å²) in [6.45, 7) is 1.95. The third-order valence-corrected chi connectivity index (χ3v) is 5.20. The predicted molar refractivity (Wildman–Crippen MR) is 106 cm³/mol. The van der Waals surface area contributed by atoms with Gasteiger partial charge in [-0.1, -0.05) is 31.9 Å². The SMILES string of the molecule is Cc1cc(NC(=O)C2=NN(c3ccc(Br)cc3)C(=O)CC2)ccc1Br. The summed E-state index contributed by atoms with van der Waals surface area (Å²) in [4.78, 5) is 24.7. The van der Waals surface area contributed by atoms with Crippen LogP contribution >= 0.6 is 31.9 Å². The molecule has 0 fully saturated rings. The molecule has 0 unspecified atom stereocenters. The quantitative estimate of drug-likeness (QED) is 0.719. The van der Waals surface area contributed by atoms with Crippen molar-refractivity contribution in [3.05, 3.63) is 57.0 Å². The number of amides is 2. The number of rotatable bonds is 3. The summed E-state index contributed by atoms with van der Waals surface area (Å²) in [5, 5.41) is 8.39. The largest absolute Gasteiger partial charge is 0.321 e. The van der Waals surface area contributed by atoms with Gasteiger partial charge in [0.15, 0.2) is 0 Å². The summed E-state index contributed by atoms with van der Waals surface area (Å²) in [6.07, 6.45) is 0.578. The standard InChI is InChI=1S/C18H15Br2N3O2/c1-11-10-13(4-7-15(11)20)21-18(25)16-8-9-17(24)23(22-16)14-5-2-12(19)3-6-14/h2-7,10H,8-9H2,1H3,(H,21,25). The normalized spacial score (nSPS) is 14.3. The number of carbonyl (C=O) groups excluding carboxylic acids is 2. The minimum absolute atomic E-state index is 0.127. The summed E-state index contributed by atoms with van der Waals surface area (Å²) >= 11 is 6.79. The van der Waals surface area contributed by atoms with Crippen molar-refractivity contribution >= 4 is 60.8 Å². The highest BCUT2D eigenvalue weighted by Gasteiger charge is 2.25. The number of hydrazone groups is 1. The molecular formula is C18H15Br2N3O2. The second-order valence-electron chi connectivity index (χ2n) is 5.65. The lowest BCUT2D eigenvalue weighted by Gasteiger charge is -2.23. The van der Waals surface area contributed by atoms with Crippen LogP contribution < -0.4 is 10.3 Å². The number of halogens is 2. The van der Waals surface area contributed by atoms with Crippen LogP contribution in [0.2, 0.25) is 0 Å². The van der Waals surface area contributed by atoms with Crippen LogP contribution in [0, 0.1) is 6.92 Å². The van der Waals surface area contributed by atoms with E-state index in [4.69, 9.17) is 0 Å². The molecule has 1 aliphatic heterocycles. The third-order valence-electron chi connectivity index (χ3n) is 3.78. The van der Waals surface area contributed by atoms with Crippen molar-refractivity contribution in [1.29, 1.82) is 0 Å². The zero-order valence-electron chi connectivity index (χ0n) is 13.4. The molecule has 128 valence electrons. The first-order valence-electron chi connectivity index (χ1n) is 7.67. The van der Waals surface area contributed by atoms with E-state index in [0.717, 1.165) is 14.5 Å². The van der Waals surface area contributed by atoms with Gasteiger partial charge >= 0.3 is 0 Å². The highest BCUT2D eigenvalue weighted by molar-refractivity contribution is 9.10. The molecule has 1 heterocycles. The van der Waals surface area contributed by atoms with Crippen LogP contribution in [-0.2, 0) is 9.59 Å². The van der Waals surface area contributed by atoms with E-state index in [9.17, 15) is 9.59 Å². The van der Waals surface area contributed by atoms with Gasteiger partial charge in [0.2, 0.25) is 5.91 Å². The van der Waals surface area contributed by atoms with Crippen LogP contribution in [0.5, 0.6) is 0 Å². The van der Waals surface area contributed by atoms with Crippen LogP contribution in [0.3, 0.4) is 0 Å². The number of nitrogens with zero attached hydrogens (tertiary/aromatic N) is 2. The Morgan fingerprint density at radius 3 is 2.52 bits per heavy atom. The number of aryl methyl sites for hydroxylation is 1. The average molecular weight is 465 g/mol. The van der Waals surface area contributed by atoms with Gasteiger partial charge in [0, 0.05) is 27.5 Å². The maximum atomic E-state index is 12.5. The summed E-state index contributed by atoms with van der Waals surface area (Å²) in [7, 11) is 0. The molecule has 0 atom stereocenters. The van der Waals surface area contributed by atoms with Crippen molar-refractivity contribution in [2.24, 2.45) is 5.10 Å². The van der Waals surface area contributed by atoms with Crippen LogP contribution in [0.25, 0.3) is 0 Å². The van der Waals surface area contributed by atoms with Crippen molar-refractivity contribution in [2.45, 2.75) is 19.8 Å². The Morgan fingerprint density at radius 1 is 1.12 bits per heavy atom. The minimum Gasteiger partial charge on any atom is -0.321 e. The number of hydrogen-bond acceptors (Lipinski definition) is 3. The highest BCUT2D eigenvalue weighted by atomic mass is 79.9. The minimum atomic E-state index is -0.295. The molecule has 0 bridgehead atoms. The van der Waals surface area contributed by atoms with Crippen LogP contribution in [-0.4, -0.2) is 17.5 Å². The Bertz CT molecular complexity index is 863. The molecule has 3 rings (SSSR count). The molecule has 2 amide bonds. The molecule has 0 aliphatic carbocycles. The highest BCUT2D eigenvalue weighted by Crippen LogP contribution is 2.24. The Hall–Kier alpha value is -1.99. The fourth-order valence-corrected chi connectivity index (χ4v) is 2.94. The maximum absolute atomic E-state index is 12.5. The molecule has 0 saturated heterocycles. The lowest BCUT2D eigenvalue weighted by atomic mass is 10.1. The lowest BCUT2D eigenvalue weighted by Crippen LogP contribution is -2.36. The fourth-order valence-electron chi connectivity index (χ4n) is 2.43. The van der Waals surface area contributed by atoms with Gasteiger partial charge in [-0.05, 0) is 55.0 Å². The van der Waals surface area contributed by atoms with E-state index in [2.05, 4.69) is 42.3 Å². The topological polar surface area (TPSA) is 61.8 Å². The molecular weight excluding hydrogens is 450 g/mol. The number of benzene rings is 2. The molecule has 0 radical (unpaired) electrons. The summed E-state index contributed by atoms with van der Waals surface area (Å²) in [5.74, 6) is -0.422. The molecule has 7 heteroatoms. The monoisotopic (exact) mass is 463 g/mol. The van der Waals surface area contributed by atoms with E-state index in [1.165, 1.54) is 5.01 Å². The summed E-state index contributed by atoms with van der Waals surface area (Å²) in [5.41, 5.74) is 2.69. The molecule has 1 aliphatic rings. The smallest absolute Gasteiger partial charge is 0.271 e. The number of carbonyl (C=O) groups is 2. The van der Waals surface area contributed by atoms with E-state index in [-0.39, 0.29) is 18.2 Å². The van der Waals surface area contributed by atoms with Crippen LogP contribution in [0.1, 0.15) is 18.4 Å². The molecule has 2 aromatic carbocycles. The molecule has 0 aromatic heterocycles. The average Bonchev–Trinajstić information content (AvgIpc) is 2.59. The third kappa shape index (κ3) is 4.16. The van der Waals surface area contributed by atoms with Crippen molar-refractivity contribution < 1.29 is 9.59 Å². The summed E-state index contributed by atoms with van der Waals surface area (Å²) < 4.78 is 1.89. The molecule has 1 N–H and O–H groups in total. The Kier molecular flexibility index (Phi) is 5.34. The first-order chi connectivity index (χ1) is 11.9. The predicted octanol–water partition coefficient (Wildman–Crippen LogP) is 4.64. The van der Waals surface area contributed by atoms with Gasteiger partial charge in [0.1, 0.15) is 5.71 Å². The second kappa shape index (κ2) is 7.49. The zero-order valence-corrected chi connectivity index (χ0v) is 16.6. The Balaban J connectivity index is 1.81. The molecule has 5 nitrogen and oxygen atoms in total. The number of nitrogens with one attached hydrogen (secondary N) is 1. The van der Waals surface area contributed by atoms with E-state index >= 15 is 0 Å². The first-order valence-corrected chi connectivity index (χ1v) is 9.26. The van der Waals surface area contributed by atoms with Gasteiger partial charge in [0.25, 0.3) is 5.91 Å². The van der Waals surface area contributed by atoms with E-state index in [1.807, 2.05) is 37.3 Å². The molecule has 0 saturated carbocycles. The number of anilines is 2. The Morgan fingerprint density at radius 2 is 1.84 bits per heavy atom. The van der Waals surface area contributed by atoms with Crippen LogP contribution in [0.4, 0.5) is 11.4 Å². The first kappa shape index (κ1) is 17.8. The molecule has 0 spiro atoms. The van der Waals surface area contributed by atoms with Gasteiger partial charge in [-0.25, -0.2) is 5.01 Å². The summed E-state index contributed by atoms with van der Waals surface area (Å²) in [6, 6.07) is 12.8. The van der Waals surface area contributed by atoms with E-state index in [1.54, 1.807) is 12.1 Å². The van der Waals surface area contributed by atoms with E-state index < -0.39 is 0 Å². The van der Waals surface area contributed by atoms with Crippen molar-refractivity contribution in [3.63, 3.8) is 0 Å². The van der Waals surface area contributed by atoms with Gasteiger partial charge in [-0.15, -0.1) is 0 Å². The lowest BCUT2D eigenvalue weighted by molar-refractivity contribution is -0.118. The van der Waals surface area contributed by atoms with E-state index in [0.29, 0.717) is 23.5 Å². The van der Waals surface area contributed by atoms with Gasteiger partial charge in [-0.3, -0.25) is 9.59 Å². The second-order valence-corrected chi connectivity index (χ2v) is 7.42. The van der Waals surface area contributed by atoms with Gasteiger partial charge in [0.05, 0.1) is 5.69 Å².